The third-order valence-electron chi connectivity index (χ3n) is 3.47. The van der Waals surface area contributed by atoms with Gasteiger partial charge in [-0.1, -0.05) is 0 Å². The average Bonchev–Trinajstić information content (AvgIpc) is 2.94. The molecule has 0 atom stereocenters. The van der Waals surface area contributed by atoms with Gasteiger partial charge in [-0.25, -0.2) is 4.79 Å². The summed E-state index contributed by atoms with van der Waals surface area (Å²) < 4.78 is 21.3. The molecule has 0 spiro atoms. The van der Waals surface area contributed by atoms with Gasteiger partial charge in [0.25, 0.3) is 0 Å². The Labute approximate surface area is 122 Å². The summed E-state index contributed by atoms with van der Waals surface area (Å²) in [7, 11) is 0. The van der Waals surface area contributed by atoms with Gasteiger partial charge in [-0.2, -0.15) is 0 Å². The Morgan fingerprint density at radius 3 is 2.67 bits per heavy atom. The quantitative estimate of drug-likeness (QED) is 0.861. The highest BCUT2D eigenvalue weighted by Gasteiger charge is 2.21. The molecule has 2 heterocycles. The number of morpholine rings is 1. The van der Waals surface area contributed by atoms with E-state index in [1.165, 1.54) is 6.07 Å². The van der Waals surface area contributed by atoms with Crippen molar-refractivity contribution in [2.45, 2.75) is 0 Å². The number of benzene rings is 1. The van der Waals surface area contributed by atoms with Gasteiger partial charge in [-0.3, -0.25) is 4.90 Å². The Morgan fingerprint density at radius 1 is 1.24 bits per heavy atom. The fourth-order valence-corrected chi connectivity index (χ4v) is 2.32. The van der Waals surface area contributed by atoms with Crippen LogP contribution in [0.1, 0.15) is 10.4 Å². The van der Waals surface area contributed by atoms with Gasteiger partial charge < -0.3 is 24.1 Å². The lowest BCUT2D eigenvalue weighted by atomic mass is 10.2. The molecular formula is C14H17NO6. The highest BCUT2D eigenvalue weighted by Crippen LogP contribution is 2.38. The summed E-state index contributed by atoms with van der Waals surface area (Å²) in [4.78, 5) is 13.5. The van der Waals surface area contributed by atoms with Gasteiger partial charge in [0.2, 0.25) is 6.79 Å². The summed E-state index contributed by atoms with van der Waals surface area (Å²) in [6, 6.07) is 3.01. The van der Waals surface area contributed by atoms with Crippen molar-refractivity contribution in [3.63, 3.8) is 0 Å². The van der Waals surface area contributed by atoms with Crippen LogP contribution in [-0.2, 0) is 4.74 Å². The van der Waals surface area contributed by atoms with Crippen molar-refractivity contribution in [2.24, 2.45) is 0 Å². The zero-order valence-electron chi connectivity index (χ0n) is 11.5. The number of nitrogens with zero attached hydrogens (tertiary/aromatic N) is 1. The Morgan fingerprint density at radius 2 is 1.95 bits per heavy atom. The number of carboxylic acid groups (broad SMARTS) is 1. The molecule has 7 nitrogen and oxygen atoms in total. The molecule has 0 amide bonds. The van der Waals surface area contributed by atoms with Crippen LogP contribution in [0.3, 0.4) is 0 Å². The molecule has 114 valence electrons. The van der Waals surface area contributed by atoms with Gasteiger partial charge in [0.1, 0.15) is 17.9 Å². The number of hydrogen-bond acceptors (Lipinski definition) is 6. The first-order valence-corrected chi connectivity index (χ1v) is 6.84. The van der Waals surface area contributed by atoms with Crippen LogP contribution in [0.15, 0.2) is 12.1 Å². The molecule has 3 rings (SSSR count). The van der Waals surface area contributed by atoms with E-state index in [0.29, 0.717) is 23.9 Å². The zero-order valence-corrected chi connectivity index (χ0v) is 11.5. The molecule has 1 aromatic carbocycles. The minimum absolute atomic E-state index is 0.0845. The maximum atomic E-state index is 11.3. The molecule has 1 aromatic rings. The van der Waals surface area contributed by atoms with Crippen LogP contribution in [-0.4, -0.2) is 62.2 Å². The molecule has 0 radical (unpaired) electrons. The fourth-order valence-electron chi connectivity index (χ4n) is 2.32. The van der Waals surface area contributed by atoms with E-state index >= 15 is 0 Å². The first-order valence-electron chi connectivity index (χ1n) is 6.84. The molecule has 2 aliphatic rings. The van der Waals surface area contributed by atoms with Crippen LogP contribution in [0.25, 0.3) is 0 Å². The van der Waals surface area contributed by atoms with Crippen LogP contribution in [0.5, 0.6) is 17.2 Å². The number of fused-ring (bicyclic) bond motifs is 1. The van der Waals surface area contributed by atoms with Crippen LogP contribution < -0.4 is 14.2 Å². The summed E-state index contributed by atoms with van der Waals surface area (Å²) >= 11 is 0. The molecule has 0 saturated carbocycles. The van der Waals surface area contributed by atoms with E-state index in [4.69, 9.17) is 18.9 Å². The Bertz CT molecular complexity index is 526. The molecular weight excluding hydrogens is 278 g/mol. The van der Waals surface area contributed by atoms with E-state index in [2.05, 4.69) is 4.90 Å². The van der Waals surface area contributed by atoms with Gasteiger partial charge in [-0.05, 0) is 0 Å². The van der Waals surface area contributed by atoms with E-state index in [1.807, 2.05) is 0 Å². The third-order valence-corrected chi connectivity index (χ3v) is 3.47. The highest BCUT2D eigenvalue weighted by atomic mass is 16.7. The predicted molar refractivity (Wildman–Crippen MR) is 72.3 cm³/mol. The lowest BCUT2D eigenvalue weighted by Crippen LogP contribution is -2.38. The molecule has 7 heteroatoms. The second kappa shape index (κ2) is 6.19. The number of carbonyl (C=O) groups is 1. The molecule has 1 fully saturated rings. The summed E-state index contributed by atoms with van der Waals surface area (Å²) in [6.45, 7) is 4.45. The number of hydrogen-bond donors (Lipinski definition) is 1. The molecule has 0 unspecified atom stereocenters. The van der Waals surface area contributed by atoms with Crippen molar-refractivity contribution in [3.8, 4) is 17.2 Å². The molecule has 21 heavy (non-hydrogen) atoms. The lowest BCUT2D eigenvalue weighted by molar-refractivity contribution is 0.0321. The lowest BCUT2D eigenvalue weighted by Gasteiger charge is -2.26. The van der Waals surface area contributed by atoms with Crippen molar-refractivity contribution in [3.05, 3.63) is 17.7 Å². The molecule has 2 aliphatic heterocycles. The van der Waals surface area contributed by atoms with Gasteiger partial charge in [0.15, 0.2) is 11.5 Å². The van der Waals surface area contributed by atoms with E-state index in [-0.39, 0.29) is 12.4 Å². The fraction of sp³-hybridized carbons (Fsp3) is 0.500. The second-order valence-corrected chi connectivity index (χ2v) is 4.81. The minimum Gasteiger partial charge on any atom is -0.491 e. The minimum atomic E-state index is -1.05. The summed E-state index contributed by atoms with van der Waals surface area (Å²) in [5.74, 6) is 0.212. The molecule has 1 saturated heterocycles. The van der Waals surface area contributed by atoms with E-state index in [1.54, 1.807) is 6.07 Å². The van der Waals surface area contributed by atoms with Crippen molar-refractivity contribution < 1.29 is 28.8 Å². The highest BCUT2D eigenvalue weighted by molar-refractivity contribution is 5.92. The van der Waals surface area contributed by atoms with Gasteiger partial charge in [0, 0.05) is 31.8 Å². The Balaban J connectivity index is 1.65. The summed E-state index contributed by atoms with van der Waals surface area (Å²) in [5.41, 5.74) is 0.0845. The molecule has 0 aliphatic carbocycles. The van der Waals surface area contributed by atoms with Crippen molar-refractivity contribution >= 4 is 5.97 Å². The van der Waals surface area contributed by atoms with Gasteiger partial charge in [0.05, 0.1) is 13.2 Å². The topological polar surface area (TPSA) is 77.5 Å². The van der Waals surface area contributed by atoms with Crippen molar-refractivity contribution in [1.82, 2.24) is 4.90 Å². The SMILES string of the molecule is O=C(O)c1cc2c(cc1OCCN1CCOCC1)OCO2. The monoisotopic (exact) mass is 295 g/mol. The Kier molecular flexibility index (Phi) is 4.12. The smallest absolute Gasteiger partial charge is 0.339 e. The number of carboxylic acids is 1. The Hall–Kier alpha value is -1.99. The number of rotatable bonds is 5. The largest absolute Gasteiger partial charge is 0.491 e. The second-order valence-electron chi connectivity index (χ2n) is 4.81. The summed E-state index contributed by atoms with van der Waals surface area (Å²) in [5, 5.41) is 9.24. The number of ether oxygens (including phenoxy) is 4. The van der Waals surface area contributed by atoms with Crippen LogP contribution in [0, 0.1) is 0 Å². The normalized spacial score (nSPS) is 17.7. The number of aromatic carboxylic acids is 1. The van der Waals surface area contributed by atoms with Crippen molar-refractivity contribution in [1.29, 1.82) is 0 Å². The van der Waals surface area contributed by atoms with Gasteiger partial charge >= 0.3 is 5.97 Å². The standard InChI is InChI=1S/C14H17NO6/c16-14(17)10-7-12-13(21-9-20-12)8-11(10)19-6-3-15-1-4-18-5-2-15/h7-8H,1-6,9H2,(H,16,17). The molecule has 0 aromatic heterocycles. The van der Waals surface area contributed by atoms with Crippen LogP contribution in [0.2, 0.25) is 0 Å². The first-order chi connectivity index (χ1) is 10.2. The first kappa shape index (κ1) is 14.0. The van der Waals surface area contributed by atoms with Crippen LogP contribution in [0.4, 0.5) is 0 Å². The van der Waals surface area contributed by atoms with Gasteiger partial charge in [-0.15, -0.1) is 0 Å². The van der Waals surface area contributed by atoms with E-state index < -0.39 is 5.97 Å². The van der Waals surface area contributed by atoms with E-state index in [0.717, 1.165) is 32.8 Å². The molecule has 1 N–H and O–H groups in total. The summed E-state index contributed by atoms with van der Waals surface area (Å²) in [6.07, 6.45) is 0. The zero-order chi connectivity index (χ0) is 14.7. The third kappa shape index (κ3) is 3.20. The average molecular weight is 295 g/mol. The van der Waals surface area contributed by atoms with Crippen LogP contribution >= 0.6 is 0 Å². The predicted octanol–water partition coefficient (Wildman–Crippen LogP) is 0.825. The van der Waals surface area contributed by atoms with E-state index in [9.17, 15) is 9.90 Å². The maximum Gasteiger partial charge on any atom is 0.339 e. The maximum absolute atomic E-state index is 11.3. The van der Waals surface area contributed by atoms with Crippen molar-refractivity contribution in [2.75, 3.05) is 46.2 Å². The molecule has 0 bridgehead atoms.